The van der Waals surface area contributed by atoms with Gasteiger partial charge in [-0.25, -0.2) is 0 Å². The molecule has 0 radical (unpaired) electrons. The molecule has 1 atom stereocenters. The fourth-order valence-electron chi connectivity index (χ4n) is 2.07. The Bertz CT molecular complexity index is 451. The van der Waals surface area contributed by atoms with Crippen molar-refractivity contribution in [1.29, 1.82) is 0 Å². The second kappa shape index (κ2) is 5.82. The number of aryl methyl sites for hydroxylation is 1. The molecule has 0 aliphatic carbocycles. The zero-order chi connectivity index (χ0) is 13.1. The van der Waals surface area contributed by atoms with Crippen LogP contribution in [0.25, 0.3) is 0 Å². The lowest BCUT2D eigenvalue weighted by atomic mass is 10.2. The summed E-state index contributed by atoms with van der Waals surface area (Å²) in [5.41, 5.74) is 1.92. The van der Waals surface area contributed by atoms with Crippen molar-refractivity contribution in [3.63, 3.8) is 0 Å². The zero-order valence-electron chi connectivity index (χ0n) is 10.3. The third-order valence-electron chi connectivity index (χ3n) is 3.01. The van der Waals surface area contributed by atoms with Crippen LogP contribution in [0.3, 0.4) is 0 Å². The molecule has 1 aliphatic rings. The highest BCUT2D eigenvalue weighted by Crippen LogP contribution is 2.23. The van der Waals surface area contributed by atoms with E-state index in [1.165, 1.54) is 0 Å². The predicted octanol–water partition coefficient (Wildman–Crippen LogP) is 1.76. The van der Waals surface area contributed by atoms with E-state index in [0.29, 0.717) is 13.1 Å². The minimum atomic E-state index is -0.288. The Hall–Kier alpha value is -0.910. The van der Waals surface area contributed by atoms with Crippen LogP contribution in [0.4, 0.5) is 5.69 Å². The number of aliphatic hydroxyl groups is 1. The minimum Gasteiger partial charge on any atom is -0.392 e. The van der Waals surface area contributed by atoms with Crippen molar-refractivity contribution in [1.82, 2.24) is 4.90 Å². The molecule has 0 bridgehead atoms. The van der Waals surface area contributed by atoms with Crippen LogP contribution in [0.15, 0.2) is 22.7 Å². The number of carbonyl (C=O) groups excluding carboxylic acids is 1. The average molecular weight is 313 g/mol. The van der Waals surface area contributed by atoms with Crippen LogP contribution in [-0.4, -0.2) is 41.7 Å². The highest BCUT2D eigenvalue weighted by Gasteiger charge is 2.22. The quantitative estimate of drug-likeness (QED) is 0.894. The van der Waals surface area contributed by atoms with Gasteiger partial charge in [0.1, 0.15) is 0 Å². The molecule has 4 nitrogen and oxygen atoms in total. The van der Waals surface area contributed by atoms with Gasteiger partial charge in [0.2, 0.25) is 5.91 Å². The van der Waals surface area contributed by atoms with Gasteiger partial charge in [-0.05, 0) is 47.0 Å². The third kappa shape index (κ3) is 3.54. The number of carbonyl (C=O) groups is 1. The number of benzene rings is 1. The second-order valence-electron chi connectivity index (χ2n) is 4.71. The molecule has 1 saturated heterocycles. The van der Waals surface area contributed by atoms with E-state index >= 15 is 0 Å². The number of β-amino-alcohol motifs (C(OH)–C–C–N with tert-alkyl or cyclic N) is 1. The molecule has 18 heavy (non-hydrogen) atoms. The first-order valence-corrected chi connectivity index (χ1v) is 6.80. The predicted molar refractivity (Wildman–Crippen MR) is 74.6 cm³/mol. The fraction of sp³-hybridized carbons (Fsp3) is 0.462. The molecule has 5 heteroatoms. The number of likely N-dealkylation sites (tertiary alicyclic amines) is 1. The van der Waals surface area contributed by atoms with Gasteiger partial charge in [-0.1, -0.05) is 6.07 Å². The minimum absolute atomic E-state index is 0.0475. The maximum absolute atomic E-state index is 11.9. The first-order valence-electron chi connectivity index (χ1n) is 6.01. The van der Waals surface area contributed by atoms with Gasteiger partial charge in [0.05, 0.1) is 18.3 Å². The Kier molecular flexibility index (Phi) is 4.37. The lowest BCUT2D eigenvalue weighted by Gasteiger charge is -2.15. The number of aliphatic hydroxyl groups excluding tert-OH is 1. The van der Waals surface area contributed by atoms with Gasteiger partial charge >= 0.3 is 0 Å². The summed E-state index contributed by atoms with van der Waals surface area (Å²) in [7, 11) is 0. The molecule has 0 spiro atoms. The van der Waals surface area contributed by atoms with Crippen molar-refractivity contribution in [3.05, 3.63) is 28.2 Å². The largest absolute Gasteiger partial charge is 0.392 e. The number of nitrogens with zero attached hydrogens (tertiary/aromatic N) is 1. The van der Waals surface area contributed by atoms with E-state index in [4.69, 9.17) is 0 Å². The molecule has 2 N–H and O–H groups in total. The maximum Gasteiger partial charge on any atom is 0.238 e. The summed E-state index contributed by atoms with van der Waals surface area (Å²) in [5.74, 6) is -0.0475. The molecule has 1 aromatic carbocycles. The SMILES string of the molecule is Cc1ccc(NC(=O)CN2CC[C@@H](O)C2)c(Br)c1. The van der Waals surface area contributed by atoms with Crippen LogP contribution in [0.5, 0.6) is 0 Å². The molecule has 1 aliphatic heterocycles. The lowest BCUT2D eigenvalue weighted by Crippen LogP contribution is -2.32. The van der Waals surface area contributed by atoms with Crippen LogP contribution in [0.2, 0.25) is 0 Å². The van der Waals surface area contributed by atoms with Crippen LogP contribution in [0, 0.1) is 6.92 Å². The Morgan fingerprint density at radius 3 is 3.00 bits per heavy atom. The van der Waals surface area contributed by atoms with Gasteiger partial charge in [0.15, 0.2) is 0 Å². The van der Waals surface area contributed by atoms with Crippen molar-refractivity contribution in [2.24, 2.45) is 0 Å². The Morgan fingerprint density at radius 2 is 2.39 bits per heavy atom. The summed E-state index contributed by atoms with van der Waals surface area (Å²) in [5, 5.41) is 12.3. The Labute approximate surface area is 115 Å². The van der Waals surface area contributed by atoms with E-state index in [1.54, 1.807) is 0 Å². The third-order valence-corrected chi connectivity index (χ3v) is 3.67. The van der Waals surface area contributed by atoms with Crippen molar-refractivity contribution >= 4 is 27.5 Å². The number of amides is 1. The molecule has 0 unspecified atom stereocenters. The number of hydrogen-bond acceptors (Lipinski definition) is 3. The summed E-state index contributed by atoms with van der Waals surface area (Å²) < 4.78 is 0.886. The van der Waals surface area contributed by atoms with Gasteiger partial charge in [-0.3, -0.25) is 9.69 Å². The number of anilines is 1. The number of nitrogens with one attached hydrogen (secondary N) is 1. The Balaban J connectivity index is 1.91. The molecule has 98 valence electrons. The van der Waals surface area contributed by atoms with Crippen LogP contribution >= 0.6 is 15.9 Å². The smallest absolute Gasteiger partial charge is 0.238 e. The number of halogens is 1. The highest BCUT2D eigenvalue weighted by molar-refractivity contribution is 9.10. The Morgan fingerprint density at radius 1 is 1.61 bits per heavy atom. The van der Waals surface area contributed by atoms with Crippen molar-refractivity contribution in [2.45, 2.75) is 19.4 Å². The van der Waals surface area contributed by atoms with Gasteiger partial charge in [-0.15, -0.1) is 0 Å². The van der Waals surface area contributed by atoms with Gasteiger partial charge in [0.25, 0.3) is 0 Å². The van der Waals surface area contributed by atoms with E-state index in [9.17, 15) is 9.90 Å². The normalized spacial score (nSPS) is 20.1. The molecule has 2 rings (SSSR count). The topological polar surface area (TPSA) is 52.6 Å². The molecule has 1 aromatic rings. The first-order chi connectivity index (χ1) is 8.54. The number of rotatable bonds is 3. The van der Waals surface area contributed by atoms with Crippen molar-refractivity contribution in [3.8, 4) is 0 Å². The first kappa shape index (κ1) is 13.5. The van der Waals surface area contributed by atoms with E-state index in [1.807, 2.05) is 30.0 Å². The summed E-state index contributed by atoms with van der Waals surface area (Å²) in [4.78, 5) is 13.8. The van der Waals surface area contributed by atoms with Crippen molar-refractivity contribution in [2.75, 3.05) is 25.0 Å². The highest BCUT2D eigenvalue weighted by atomic mass is 79.9. The summed E-state index contributed by atoms with van der Waals surface area (Å²) in [6, 6.07) is 5.81. The van der Waals surface area contributed by atoms with E-state index < -0.39 is 0 Å². The molecule has 0 aromatic heterocycles. The molecule has 0 saturated carbocycles. The zero-order valence-corrected chi connectivity index (χ0v) is 11.9. The maximum atomic E-state index is 11.9. The fourth-order valence-corrected chi connectivity index (χ4v) is 2.66. The van der Waals surface area contributed by atoms with Gasteiger partial charge in [0, 0.05) is 17.6 Å². The molecule has 1 amide bonds. The summed E-state index contributed by atoms with van der Waals surface area (Å²) >= 11 is 3.43. The monoisotopic (exact) mass is 312 g/mol. The molecular weight excluding hydrogens is 296 g/mol. The average Bonchev–Trinajstić information content (AvgIpc) is 2.68. The van der Waals surface area contributed by atoms with E-state index in [2.05, 4.69) is 21.2 Å². The van der Waals surface area contributed by atoms with Crippen LogP contribution in [0.1, 0.15) is 12.0 Å². The summed E-state index contributed by atoms with van der Waals surface area (Å²) in [6.45, 7) is 3.70. The molecule has 1 heterocycles. The van der Waals surface area contributed by atoms with Crippen molar-refractivity contribution < 1.29 is 9.90 Å². The van der Waals surface area contributed by atoms with Crippen LogP contribution < -0.4 is 5.32 Å². The molecule has 1 fully saturated rings. The lowest BCUT2D eigenvalue weighted by molar-refractivity contribution is -0.117. The number of hydrogen-bond donors (Lipinski definition) is 2. The van der Waals surface area contributed by atoms with Gasteiger partial charge in [-0.2, -0.15) is 0 Å². The summed E-state index contributed by atoms with van der Waals surface area (Å²) in [6.07, 6.45) is 0.463. The second-order valence-corrected chi connectivity index (χ2v) is 5.56. The molecular formula is C13H17BrN2O2. The standard InChI is InChI=1S/C13H17BrN2O2/c1-9-2-3-12(11(14)6-9)15-13(18)8-16-5-4-10(17)7-16/h2-3,6,10,17H,4-5,7-8H2,1H3,(H,15,18)/t10-/m1/s1. The van der Waals surface area contributed by atoms with Crippen LogP contribution in [-0.2, 0) is 4.79 Å². The van der Waals surface area contributed by atoms with E-state index in [0.717, 1.165) is 28.7 Å². The van der Waals surface area contributed by atoms with E-state index in [-0.39, 0.29) is 12.0 Å². The van der Waals surface area contributed by atoms with Gasteiger partial charge < -0.3 is 10.4 Å².